The van der Waals surface area contributed by atoms with E-state index in [0.29, 0.717) is 11.0 Å². The molecular weight excluding hydrogens is 566 g/mol. The minimum atomic E-state index is 0.388. The first-order valence-electron chi connectivity index (χ1n) is 14.3. The number of benzene rings is 7. The van der Waals surface area contributed by atoms with Gasteiger partial charge in [-0.15, -0.1) is 11.3 Å². The van der Waals surface area contributed by atoms with Crippen LogP contribution in [-0.4, -0.2) is 14.5 Å². The molecule has 0 saturated carbocycles. The van der Waals surface area contributed by atoms with E-state index in [-0.39, 0.29) is 0 Å². The first-order chi connectivity index (χ1) is 21.2. The number of fused-ring (bicyclic) bond motifs is 14. The molecule has 0 aliphatic heterocycles. The molecule has 3 aromatic heterocycles. The van der Waals surface area contributed by atoms with Crippen molar-refractivity contribution < 1.29 is 0 Å². The fourth-order valence-electron chi connectivity index (χ4n) is 6.98. The van der Waals surface area contributed by atoms with E-state index in [0.717, 1.165) is 32.8 Å². The molecular formula is C38H20ClN3S. The lowest BCUT2D eigenvalue weighted by Gasteiger charge is -2.12. The zero-order valence-electron chi connectivity index (χ0n) is 22.7. The zero-order valence-corrected chi connectivity index (χ0v) is 24.2. The second-order valence-corrected chi connectivity index (χ2v) is 12.5. The lowest BCUT2D eigenvalue weighted by molar-refractivity contribution is 1.08. The van der Waals surface area contributed by atoms with E-state index < -0.39 is 0 Å². The average Bonchev–Trinajstić information content (AvgIpc) is 3.59. The summed E-state index contributed by atoms with van der Waals surface area (Å²) in [5, 5.41) is 12.5. The van der Waals surface area contributed by atoms with Crippen LogP contribution in [0.25, 0.3) is 91.1 Å². The van der Waals surface area contributed by atoms with Gasteiger partial charge in [0.25, 0.3) is 0 Å². The van der Waals surface area contributed by atoms with Gasteiger partial charge in [0.1, 0.15) is 0 Å². The molecule has 200 valence electrons. The van der Waals surface area contributed by atoms with Gasteiger partial charge in [-0.2, -0.15) is 0 Å². The fraction of sp³-hybridized carbons (Fsp3) is 0. The number of hydrogen-bond acceptors (Lipinski definition) is 3. The summed E-state index contributed by atoms with van der Waals surface area (Å²) in [6.07, 6.45) is 0. The molecule has 0 spiro atoms. The second-order valence-electron chi connectivity index (χ2n) is 11.1. The molecule has 3 heterocycles. The number of halogens is 1. The van der Waals surface area contributed by atoms with E-state index in [9.17, 15) is 0 Å². The number of hydrogen-bond donors (Lipinski definition) is 0. The molecule has 0 aliphatic rings. The van der Waals surface area contributed by atoms with Crippen LogP contribution in [0, 0.1) is 0 Å². The molecule has 10 aromatic rings. The lowest BCUT2D eigenvalue weighted by Crippen LogP contribution is -2.01. The molecule has 7 aromatic carbocycles. The Morgan fingerprint density at radius 3 is 2.02 bits per heavy atom. The predicted molar refractivity (Wildman–Crippen MR) is 184 cm³/mol. The summed E-state index contributed by atoms with van der Waals surface area (Å²) >= 11 is 8.92. The Balaban J connectivity index is 1.47. The summed E-state index contributed by atoms with van der Waals surface area (Å²) in [5.74, 6) is 0.649. The van der Waals surface area contributed by atoms with Crippen LogP contribution in [0.1, 0.15) is 0 Å². The summed E-state index contributed by atoms with van der Waals surface area (Å²) in [7, 11) is 0. The first-order valence-corrected chi connectivity index (χ1v) is 15.5. The quantitative estimate of drug-likeness (QED) is 0.179. The molecule has 0 fully saturated rings. The van der Waals surface area contributed by atoms with Gasteiger partial charge < -0.3 is 0 Å². The van der Waals surface area contributed by atoms with Crippen LogP contribution in [-0.2, 0) is 0 Å². The maximum Gasteiger partial charge on any atom is 0.176 e. The zero-order chi connectivity index (χ0) is 28.2. The molecule has 5 heteroatoms. The standard InChI is InChI=1S/C38H20ClN3S/c39-37-38(41-34-24-12-4-3-9-21(24)17-18-29(34)40-37)42-30-16-8-7-15-27(30)32-25-13-5-6-14-26(25)33-28-19-22-10-1-2-11-23(22)20-31(28)43-36(33)35(32)42/h1-20H. The number of rotatable bonds is 1. The Morgan fingerprint density at radius 2 is 1.21 bits per heavy atom. The van der Waals surface area contributed by atoms with Gasteiger partial charge in [0.2, 0.25) is 0 Å². The molecule has 0 N–H and O–H groups in total. The highest BCUT2D eigenvalue weighted by Gasteiger charge is 2.24. The molecule has 0 radical (unpaired) electrons. The third-order valence-corrected chi connectivity index (χ3v) is 10.2. The third kappa shape index (κ3) is 3.14. The normalized spacial score (nSPS) is 12.3. The number of nitrogens with zero attached hydrogens (tertiary/aromatic N) is 3. The minimum absolute atomic E-state index is 0.388. The molecule has 0 saturated heterocycles. The maximum atomic E-state index is 7.07. The van der Waals surface area contributed by atoms with Crippen LogP contribution in [0.3, 0.4) is 0 Å². The van der Waals surface area contributed by atoms with Crippen LogP contribution in [0.4, 0.5) is 0 Å². The predicted octanol–water partition coefficient (Wildman–Crippen LogP) is 11.2. The Kier molecular flexibility index (Phi) is 4.66. The number of thiophene rings is 1. The lowest BCUT2D eigenvalue weighted by atomic mass is 9.98. The molecule has 0 unspecified atom stereocenters. The van der Waals surface area contributed by atoms with Crippen LogP contribution in [0.5, 0.6) is 0 Å². The molecule has 0 amide bonds. The smallest absolute Gasteiger partial charge is 0.176 e. The second kappa shape index (κ2) is 8.51. The van der Waals surface area contributed by atoms with Crippen molar-refractivity contribution in [3.8, 4) is 5.82 Å². The molecule has 10 rings (SSSR count). The summed E-state index contributed by atoms with van der Waals surface area (Å²) in [6, 6.07) is 43.1. The van der Waals surface area contributed by atoms with Gasteiger partial charge in [-0.25, -0.2) is 9.97 Å². The van der Waals surface area contributed by atoms with Crippen molar-refractivity contribution in [2.24, 2.45) is 0 Å². The highest BCUT2D eigenvalue weighted by molar-refractivity contribution is 7.27. The van der Waals surface area contributed by atoms with Crippen molar-refractivity contribution in [3.05, 3.63) is 126 Å². The van der Waals surface area contributed by atoms with Gasteiger partial charge >= 0.3 is 0 Å². The minimum Gasteiger partial charge on any atom is -0.290 e. The Hall–Kier alpha value is -5.03. The molecule has 0 atom stereocenters. The topological polar surface area (TPSA) is 30.7 Å². The van der Waals surface area contributed by atoms with Gasteiger partial charge in [0.05, 0.1) is 26.8 Å². The Morgan fingerprint density at radius 1 is 0.558 bits per heavy atom. The van der Waals surface area contributed by atoms with Gasteiger partial charge in [-0.3, -0.25) is 4.57 Å². The average molecular weight is 586 g/mol. The van der Waals surface area contributed by atoms with E-state index >= 15 is 0 Å². The largest absolute Gasteiger partial charge is 0.290 e. The van der Waals surface area contributed by atoms with E-state index in [2.05, 4.69) is 120 Å². The van der Waals surface area contributed by atoms with E-state index in [1.807, 2.05) is 17.4 Å². The van der Waals surface area contributed by atoms with Gasteiger partial charge in [0.15, 0.2) is 11.0 Å². The van der Waals surface area contributed by atoms with Crippen molar-refractivity contribution in [1.29, 1.82) is 0 Å². The monoisotopic (exact) mass is 585 g/mol. The van der Waals surface area contributed by atoms with Crippen molar-refractivity contribution in [2.75, 3.05) is 0 Å². The van der Waals surface area contributed by atoms with Crippen molar-refractivity contribution >= 4 is 108 Å². The van der Waals surface area contributed by atoms with Crippen LogP contribution in [0.15, 0.2) is 121 Å². The van der Waals surface area contributed by atoms with Gasteiger partial charge in [-0.05, 0) is 51.2 Å². The van der Waals surface area contributed by atoms with E-state index in [1.54, 1.807) is 0 Å². The van der Waals surface area contributed by atoms with Crippen LogP contribution < -0.4 is 0 Å². The molecule has 43 heavy (non-hydrogen) atoms. The fourth-order valence-corrected chi connectivity index (χ4v) is 8.49. The maximum absolute atomic E-state index is 7.07. The highest BCUT2D eigenvalue weighted by atomic mass is 35.5. The first kappa shape index (κ1) is 23.5. The summed E-state index contributed by atoms with van der Waals surface area (Å²) < 4.78 is 4.75. The van der Waals surface area contributed by atoms with Gasteiger partial charge in [-0.1, -0.05) is 109 Å². The van der Waals surface area contributed by atoms with Crippen molar-refractivity contribution in [3.63, 3.8) is 0 Å². The molecule has 0 aliphatic carbocycles. The molecule has 0 bridgehead atoms. The van der Waals surface area contributed by atoms with E-state index in [1.165, 1.54) is 52.5 Å². The third-order valence-electron chi connectivity index (χ3n) is 8.82. The number of aromatic nitrogens is 3. The summed E-state index contributed by atoms with van der Waals surface area (Å²) in [5.41, 5.74) is 3.82. The van der Waals surface area contributed by atoms with Gasteiger partial charge in [0, 0.05) is 31.6 Å². The summed E-state index contributed by atoms with van der Waals surface area (Å²) in [6.45, 7) is 0. The van der Waals surface area contributed by atoms with Crippen molar-refractivity contribution in [1.82, 2.24) is 14.5 Å². The number of para-hydroxylation sites is 1. The van der Waals surface area contributed by atoms with Crippen LogP contribution in [0.2, 0.25) is 5.15 Å². The summed E-state index contributed by atoms with van der Waals surface area (Å²) in [4.78, 5) is 10.2. The van der Waals surface area contributed by atoms with E-state index in [4.69, 9.17) is 21.6 Å². The van der Waals surface area contributed by atoms with Crippen LogP contribution >= 0.6 is 22.9 Å². The SMILES string of the molecule is Clc1nc2ccc3ccccc3c2nc1-n1c2ccccc2c2c3ccccc3c3c4cc5ccccc5cc4sc3c21. The van der Waals surface area contributed by atoms with Crippen molar-refractivity contribution in [2.45, 2.75) is 0 Å². The highest BCUT2D eigenvalue weighted by Crippen LogP contribution is 2.48. The molecule has 3 nitrogen and oxygen atoms in total. The Labute approximate surface area is 254 Å². The Bertz CT molecular complexity index is 2810.